The number of hydrogen-bond donors (Lipinski definition) is 1. The summed E-state index contributed by atoms with van der Waals surface area (Å²) in [6.45, 7) is 4.90. The fourth-order valence-electron chi connectivity index (χ4n) is 1.98. The van der Waals surface area contributed by atoms with E-state index in [0.29, 0.717) is 0 Å². The molecule has 0 fully saturated rings. The summed E-state index contributed by atoms with van der Waals surface area (Å²) in [6, 6.07) is 15.7. The van der Waals surface area contributed by atoms with Crippen LogP contribution >= 0.6 is 0 Å². The summed E-state index contributed by atoms with van der Waals surface area (Å²) in [6.07, 6.45) is 1.93. The molecule has 2 N–H and O–H groups in total. The Balaban J connectivity index is 1.97. The molecule has 21 heavy (non-hydrogen) atoms. The zero-order valence-corrected chi connectivity index (χ0v) is 12.7. The van der Waals surface area contributed by atoms with Crippen LogP contribution in [0.2, 0.25) is 0 Å². The molecule has 0 aromatic heterocycles. The van der Waals surface area contributed by atoms with Gasteiger partial charge in [0.2, 0.25) is 0 Å². The van der Waals surface area contributed by atoms with Crippen molar-refractivity contribution in [1.82, 2.24) is 0 Å². The molecule has 0 saturated carbocycles. The van der Waals surface area contributed by atoms with Crippen molar-refractivity contribution in [2.24, 2.45) is 5.73 Å². The number of rotatable bonds is 7. The van der Waals surface area contributed by atoms with Crippen molar-refractivity contribution >= 4 is 0 Å². The maximum Gasteiger partial charge on any atom is 0.127 e. The topological polar surface area (TPSA) is 44.5 Å². The molecule has 0 unspecified atom stereocenters. The minimum absolute atomic E-state index is 0.0917. The lowest BCUT2D eigenvalue weighted by Crippen LogP contribution is -2.07. The van der Waals surface area contributed by atoms with E-state index in [2.05, 4.69) is 13.8 Å². The number of hydrogen-bond acceptors (Lipinski definition) is 3. The van der Waals surface area contributed by atoms with Crippen LogP contribution in [0.5, 0.6) is 17.2 Å². The second kappa shape index (κ2) is 7.70. The van der Waals surface area contributed by atoms with Crippen molar-refractivity contribution in [2.75, 3.05) is 6.61 Å². The molecule has 3 heteroatoms. The monoisotopic (exact) mass is 285 g/mol. The van der Waals surface area contributed by atoms with Crippen molar-refractivity contribution in [1.29, 1.82) is 0 Å². The smallest absolute Gasteiger partial charge is 0.127 e. The van der Waals surface area contributed by atoms with E-state index in [1.165, 1.54) is 0 Å². The molecule has 0 aliphatic rings. The van der Waals surface area contributed by atoms with Gasteiger partial charge in [-0.05, 0) is 54.8 Å². The Morgan fingerprint density at radius 1 is 0.857 bits per heavy atom. The molecule has 2 aromatic rings. The minimum atomic E-state index is 0.0917. The van der Waals surface area contributed by atoms with E-state index in [4.69, 9.17) is 15.2 Å². The largest absolute Gasteiger partial charge is 0.494 e. The predicted molar refractivity (Wildman–Crippen MR) is 86.0 cm³/mol. The Hall–Kier alpha value is -2.00. The second-order valence-electron chi connectivity index (χ2n) is 5.01. The number of benzene rings is 2. The van der Waals surface area contributed by atoms with E-state index in [9.17, 15) is 0 Å². The van der Waals surface area contributed by atoms with Gasteiger partial charge in [0.1, 0.15) is 17.2 Å². The molecule has 2 aromatic carbocycles. The van der Waals surface area contributed by atoms with Gasteiger partial charge >= 0.3 is 0 Å². The Bertz CT molecular complexity index is 534. The highest BCUT2D eigenvalue weighted by Crippen LogP contribution is 2.25. The molecule has 0 spiro atoms. The van der Waals surface area contributed by atoms with Gasteiger partial charge in [-0.25, -0.2) is 0 Å². The highest BCUT2D eigenvalue weighted by molar-refractivity contribution is 5.36. The zero-order valence-electron chi connectivity index (χ0n) is 12.7. The zero-order chi connectivity index (χ0) is 15.1. The van der Waals surface area contributed by atoms with E-state index < -0.39 is 0 Å². The van der Waals surface area contributed by atoms with Gasteiger partial charge in [-0.3, -0.25) is 0 Å². The van der Waals surface area contributed by atoms with Crippen molar-refractivity contribution in [3.8, 4) is 17.2 Å². The van der Waals surface area contributed by atoms with Crippen LogP contribution in [0, 0.1) is 0 Å². The quantitative estimate of drug-likeness (QED) is 0.803. The van der Waals surface area contributed by atoms with E-state index in [1.54, 1.807) is 0 Å². The summed E-state index contributed by atoms with van der Waals surface area (Å²) >= 11 is 0. The molecule has 0 heterocycles. The summed E-state index contributed by atoms with van der Waals surface area (Å²) < 4.78 is 11.4. The SMILES string of the molecule is CCCOc1ccc(Oc2ccc([C@@H](N)CC)cc2)cc1. The van der Waals surface area contributed by atoms with E-state index in [1.807, 2.05) is 48.5 Å². The van der Waals surface area contributed by atoms with Gasteiger partial charge in [-0.15, -0.1) is 0 Å². The highest BCUT2D eigenvalue weighted by atomic mass is 16.5. The van der Waals surface area contributed by atoms with Gasteiger partial charge in [-0.1, -0.05) is 26.0 Å². The third-order valence-corrected chi connectivity index (χ3v) is 3.28. The first-order valence-electron chi connectivity index (χ1n) is 7.49. The van der Waals surface area contributed by atoms with Crippen LogP contribution in [0.1, 0.15) is 38.3 Å². The summed E-state index contributed by atoms with van der Waals surface area (Å²) in [7, 11) is 0. The van der Waals surface area contributed by atoms with E-state index in [0.717, 1.165) is 42.3 Å². The van der Waals surface area contributed by atoms with Crippen molar-refractivity contribution in [3.63, 3.8) is 0 Å². The second-order valence-corrected chi connectivity index (χ2v) is 5.01. The number of ether oxygens (including phenoxy) is 2. The summed E-state index contributed by atoms with van der Waals surface area (Å²) in [5.41, 5.74) is 7.13. The van der Waals surface area contributed by atoms with Crippen LogP contribution in [-0.2, 0) is 0 Å². The first kappa shape index (κ1) is 15.4. The van der Waals surface area contributed by atoms with Crippen LogP contribution in [0.4, 0.5) is 0 Å². The predicted octanol–water partition coefficient (Wildman–Crippen LogP) is 4.68. The van der Waals surface area contributed by atoms with Crippen LogP contribution in [0.25, 0.3) is 0 Å². The Morgan fingerprint density at radius 3 is 1.90 bits per heavy atom. The molecule has 3 nitrogen and oxygen atoms in total. The van der Waals surface area contributed by atoms with Gasteiger partial charge in [0.25, 0.3) is 0 Å². The van der Waals surface area contributed by atoms with Gasteiger partial charge in [-0.2, -0.15) is 0 Å². The third kappa shape index (κ3) is 4.50. The Morgan fingerprint density at radius 2 is 1.38 bits per heavy atom. The lowest BCUT2D eigenvalue weighted by atomic mass is 10.1. The first-order chi connectivity index (χ1) is 10.2. The maximum atomic E-state index is 6.00. The first-order valence-corrected chi connectivity index (χ1v) is 7.49. The molecule has 1 atom stereocenters. The van der Waals surface area contributed by atoms with Gasteiger partial charge in [0, 0.05) is 6.04 Å². The lowest BCUT2D eigenvalue weighted by Gasteiger charge is -2.11. The van der Waals surface area contributed by atoms with Gasteiger partial charge in [0.15, 0.2) is 0 Å². The average Bonchev–Trinajstić information content (AvgIpc) is 2.54. The average molecular weight is 285 g/mol. The minimum Gasteiger partial charge on any atom is -0.494 e. The fourth-order valence-corrected chi connectivity index (χ4v) is 1.98. The van der Waals surface area contributed by atoms with Crippen molar-refractivity contribution in [3.05, 3.63) is 54.1 Å². The molecule has 2 rings (SSSR count). The van der Waals surface area contributed by atoms with E-state index in [-0.39, 0.29) is 6.04 Å². The van der Waals surface area contributed by atoms with Crippen LogP contribution in [0.3, 0.4) is 0 Å². The molecule has 0 bridgehead atoms. The summed E-state index contributed by atoms with van der Waals surface area (Å²) in [5, 5.41) is 0. The molecular formula is C18H23NO2. The molecule has 0 amide bonds. The third-order valence-electron chi connectivity index (χ3n) is 3.28. The highest BCUT2D eigenvalue weighted by Gasteiger charge is 2.04. The molecular weight excluding hydrogens is 262 g/mol. The van der Waals surface area contributed by atoms with E-state index >= 15 is 0 Å². The fraction of sp³-hybridized carbons (Fsp3) is 0.333. The molecule has 112 valence electrons. The Kier molecular flexibility index (Phi) is 5.64. The standard InChI is InChI=1S/C18H23NO2/c1-3-13-20-15-9-11-17(12-10-15)21-16-7-5-14(6-8-16)18(19)4-2/h5-12,18H,3-4,13,19H2,1-2H3/t18-/m0/s1. The maximum absolute atomic E-state index is 6.00. The summed E-state index contributed by atoms with van der Waals surface area (Å²) in [4.78, 5) is 0. The van der Waals surface area contributed by atoms with Gasteiger partial charge < -0.3 is 15.2 Å². The van der Waals surface area contributed by atoms with Gasteiger partial charge in [0.05, 0.1) is 6.61 Å². The number of nitrogens with two attached hydrogens (primary N) is 1. The Labute approximate surface area is 126 Å². The normalized spacial score (nSPS) is 12.0. The van der Waals surface area contributed by atoms with Crippen LogP contribution < -0.4 is 15.2 Å². The lowest BCUT2D eigenvalue weighted by molar-refractivity contribution is 0.317. The molecule has 0 saturated heterocycles. The van der Waals surface area contributed by atoms with Crippen molar-refractivity contribution < 1.29 is 9.47 Å². The molecule has 0 radical (unpaired) electrons. The molecule has 0 aliphatic heterocycles. The summed E-state index contributed by atoms with van der Waals surface area (Å²) in [5.74, 6) is 2.48. The van der Waals surface area contributed by atoms with Crippen molar-refractivity contribution in [2.45, 2.75) is 32.7 Å². The van der Waals surface area contributed by atoms with Crippen LogP contribution in [-0.4, -0.2) is 6.61 Å². The van der Waals surface area contributed by atoms with Crippen LogP contribution in [0.15, 0.2) is 48.5 Å². The molecule has 0 aliphatic carbocycles.